The maximum atomic E-state index is 11.1. The van der Waals surface area contributed by atoms with Gasteiger partial charge in [-0.25, -0.2) is 4.98 Å². The van der Waals surface area contributed by atoms with E-state index >= 15 is 0 Å². The van der Waals surface area contributed by atoms with Crippen molar-refractivity contribution < 1.29 is 9.84 Å². The summed E-state index contributed by atoms with van der Waals surface area (Å²) in [4.78, 5) is 4.78. The van der Waals surface area contributed by atoms with Gasteiger partial charge in [0.15, 0.2) is 0 Å². The fourth-order valence-corrected chi connectivity index (χ4v) is 3.71. The Balaban J connectivity index is 1.67. The number of imidazole rings is 1. The standard InChI is InChI=1S/C25H25ClN2O2/c1-16-14-22-23(15-17(16)2)28(11-12-30-20-9-10-21(26)18(3)13-20)25(27-22)24(29)19-7-5-4-6-8-19/h4-10,13-15,24,29H,11-12H2,1-3H3. The molecule has 0 saturated heterocycles. The number of benzene rings is 3. The van der Waals surface area contributed by atoms with Gasteiger partial charge in [0.2, 0.25) is 0 Å². The lowest BCUT2D eigenvalue weighted by Crippen LogP contribution is -2.14. The lowest BCUT2D eigenvalue weighted by Gasteiger charge is -2.15. The summed E-state index contributed by atoms with van der Waals surface area (Å²) in [7, 11) is 0. The Hall–Kier alpha value is -2.82. The van der Waals surface area contributed by atoms with E-state index in [-0.39, 0.29) is 0 Å². The highest BCUT2D eigenvalue weighted by molar-refractivity contribution is 6.31. The van der Waals surface area contributed by atoms with E-state index in [0.29, 0.717) is 19.0 Å². The van der Waals surface area contributed by atoms with E-state index < -0.39 is 6.10 Å². The topological polar surface area (TPSA) is 47.3 Å². The number of aliphatic hydroxyl groups is 1. The molecule has 0 amide bonds. The molecule has 4 aromatic rings. The Kier molecular flexibility index (Phi) is 5.80. The third kappa shape index (κ3) is 4.07. The van der Waals surface area contributed by atoms with Gasteiger partial charge in [-0.15, -0.1) is 0 Å². The first-order chi connectivity index (χ1) is 14.4. The molecule has 1 aromatic heterocycles. The van der Waals surface area contributed by atoms with Crippen LogP contribution in [-0.2, 0) is 6.54 Å². The summed E-state index contributed by atoms with van der Waals surface area (Å²) in [5, 5.41) is 11.8. The molecule has 1 unspecified atom stereocenters. The maximum absolute atomic E-state index is 11.1. The molecule has 0 bridgehead atoms. The number of hydrogen-bond acceptors (Lipinski definition) is 3. The summed E-state index contributed by atoms with van der Waals surface area (Å²) in [5.41, 5.74) is 6.05. The molecule has 0 fully saturated rings. The van der Waals surface area contributed by atoms with E-state index in [9.17, 15) is 5.11 Å². The van der Waals surface area contributed by atoms with Crippen molar-refractivity contribution in [3.05, 3.63) is 93.8 Å². The second-order valence-corrected chi connectivity index (χ2v) is 8.03. The zero-order chi connectivity index (χ0) is 21.3. The molecule has 1 N–H and O–H groups in total. The number of nitrogens with zero attached hydrogens (tertiary/aromatic N) is 2. The predicted molar refractivity (Wildman–Crippen MR) is 121 cm³/mol. The van der Waals surface area contributed by atoms with Gasteiger partial charge < -0.3 is 14.4 Å². The lowest BCUT2D eigenvalue weighted by molar-refractivity contribution is 0.201. The highest BCUT2D eigenvalue weighted by atomic mass is 35.5. The van der Waals surface area contributed by atoms with Crippen LogP contribution < -0.4 is 4.74 Å². The summed E-state index contributed by atoms with van der Waals surface area (Å²) in [5.74, 6) is 1.40. The van der Waals surface area contributed by atoms with Crippen LogP contribution in [0.5, 0.6) is 5.75 Å². The van der Waals surface area contributed by atoms with Crippen LogP contribution in [0.15, 0.2) is 60.7 Å². The van der Waals surface area contributed by atoms with Crippen LogP contribution in [-0.4, -0.2) is 21.3 Å². The van der Waals surface area contributed by atoms with E-state index in [1.165, 1.54) is 11.1 Å². The minimum absolute atomic E-state index is 0.452. The zero-order valence-electron chi connectivity index (χ0n) is 17.4. The van der Waals surface area contributed by atoms with Gasteiger partial charge in [0.1, 0.15) is 24.3 Å². The van der Waals surface area contributed by atoms with Crippen molar-refractivity contribution in [3.8, 4) is 5.75 Å². The molecule has 3 aromatic carbocycles. The van der Waals surface area contributed by atoms with Gasteiger partial charge in [-0.2, -0.15) is 0 Å². The van der Waals surface area contributed by atoms with Crippen LogP contribution in [0, 0.1) is 20.8 Å². The minimum atomic E-state index is -0.808. The molecule has 0 aliphatic heterocycles. The first kappa shape index (κ1) is 20.5. The molecule has 154 valence electrons. The van der Waals surface area contributed by atoms with Crippen molar-refractivity contribution in [1.82, 2.24) is 9.55 Å². The molecule has 1 heterocycles. The van der Waals surface area contributed by atoms with Crippen molar-refractivity contribution in [2.24, 2.45) is 0 Å². The molecule has 0 spiro atoms. The van der Waals surface area contributed by atoms with E-state index in [1.54, 1.807) is 0 Å². The molecule has 0 aliphatic rings. The number of halogens is 1. The molecule has 4 rings (SSSR count). The SMILES string of the molecule is Cc1cc2nc(C(O)c3ccccc3)n(CCOc3ccc(Cl)c(C)c3)c2cc1C. The average Bonchev–Trinajstić information content (AvgIpc) is 3.08. The number of fused-ring (bicyclic) bond motifs is 1. The zero-order valence-corrected chi connectivity index (χ0v) is 18.1. The number of rotatable bonds is 6. The van der Waals surface area contributed by atoms with E-state index in [4.69, 9.17) is 21.3 Å². The van der Waals surface area contributed by atoms with Crippen molar-refractivity contribution in [2.45, 2.75) is 33.4 Å². The first-order valence-corrected chi connectivity index (χ1v) is 10.4. The minimum Gasteiger partial charge on any atom is -0.492 e. The normalized spacial score (nSPS) is 12.3. The van der Waals surface area contributed by atoms with Gasteiger partial charge in [0.05, 0.1) is 17.6 Å². The van der Waals surface area contributed by atoms with Crippen LogP contribution in [0.25, 0.3) is 11.0 Å². The monoisotopic (exact) mass is 420 g/mol. The van der Waals surface area contributed by atoms with Crippen LogP contribution in [0.3, 0.4) is 0 Å². The van der Waals surface area contributed by atoms with Gasteiger partial charge in [-0.3, -0.25) is 0 Å². The smallest absolute Gasteiger partial charge is 0.143 e. The molecule has 0 saturated carbocycles. The second-order valence-electron chi connectivity index (χ2n) is 7.62. The van der Waals surface area contributed by atoms with Gasteiger partial charge >= 0.3 is 0 Å². The molecule has 30 heavy (non-hydrogen) atoms. The molecular weight excluding hydrogens is 396 g/mol. The first-order valence-electron chi connectivity index (χ1n) is 10.0. The largest absolute Gasteiger partial charge is 0.492 e. The van der Waals surface area contributed by atoms with Crippen LogP contribution in [0.1, 0.15) is 34.2 Å². The van der Waals surface area contributed by atoms with Gasteiger partial charge in [0, 0.05) is 5.02 Å². The molecule has 4 nitrogen and oxygen atoms in total. The third-order valence-corrected chi connectivity index (χ3v) is 5.89. The molecular formula is C25H25ClN2O2. The summed E-state index contributed by atoms with van der Waals surface area (Å²) in [6.45, 7) is 7.14. The Bertz CT molecular complexity index is 1180. The number of aromatic nitrogens is 2. The fourth-order valence-electron chi connectivity index (χ4n) is 3.59. The summed E-state index contributed by atoms with van der Waals surface area (Å²) >= 11 is 6.11. The summed E-state index contributed by atoms with van der Waals surface area (Å²) < 4.78 is 8.03. The number of ether oxygens (including phenoxy) is 1. The molecule has 0 aliphatic carbocycles. The highest BCUT2D eigenvalue weighted by Crippen LogP contribution is 2.28. The highest BCUT2D eigenvalue weighted by Gasteiger charge is 2.20. The molecule has 5 heteroatoms. The number of aliphatic hydroxyl groups excluding tert-OH is 1. The van der Waals surface area contributed by atoms with Gasteiger partial charge in [0.25, 0.3) is 0 Å². The summed E-state index contributed by atoms with van der Waals surface area (Å²) in [6.07, 6.45) is -0.808. The number of hydrogen-bond donors (Lipinski definition) is 1. The third-order valence-electron chi connectivity index (χ3n) is 5.47. The van der Waals surface area contributed by atoms with Crippen molar-refractivity contribution in [3.63, 3.8) is 0 Å². The fraction of sp³-hybridized carbons (Fsp3) is 0.240. The van der Waals surface area contributed by atoms with Gasteiger partial charge in [-0.05, 0) is 73.4 Å². The summed E-state index contributed by atoms with van der Waals surface area (Å²) in [6, 6.07) is 19.5. The molecule has 1 atom stereocenters. The Labute approximate surface area is 181 Å². The quantitative estimate of drug-likeness (QED) is 0.430. The predicted octanol–water partition coefficient (Wildman–Crippen LogP) is 5.78. The van der Waals surface area contributed by atoms with Crippen molar-refractivity contribution in [1.29, 1.82) is 0 Å². The van der Waals surface area contributed by atoms with Crippen molar-refractivity contribution in [2.75, 3.05) is 6.61 Å². The van der Waals surface area contributed by atoms with Gasteiger partial charge in [-0.1, -0.05) is 41.9 Å². The molecule has 0 radical (unpaired) electrons. The van der Waals surface area contributed by atoms with Crippen molar-refractivity contribution >= 4 is 22.6 Å². The number of aryl methyl sites for hydroxylation is 3. The van der Waals surface area contributed by atoms with E-state index in [2.05, 4.69) is 30.5 Å². The van der Waals surface area contributed by atoms with Crippen LogP contribution in [0.2, 0.25) is 5.02 Å². The Morgan fingerprint density at radius 1 is 0.967 bits per heavy atom. The van der Waals surface area contributed by atoms with Crippen LogP contribution in [0.4, 0.5) is 0 Å². The lowest BCUT2D eigenvalue weighted by atomic mass is 10.1. The van der Waals surface area contributed by atoms with E-state index in [0.717, 1.165) is 32.9 Å². The van der Waals surface area contributed by atoms with Crippen LogP contribution >= 0.6 is 11.6 Å². The second kappa shape index (κ2) is 8.50. The maximum Gasteiger partial charge on any atom is 0.143 e. The Morgan fingerprint density at radius 3 is 2.43 bits per heavy atom. The average molecular weight is 421 g/mol. The Morgan fingerprint density at radius 2 is 1.70 bits per heavy atom. The van der Waals surface area contributed by atoms with E-state index in [1.807, 2.05) is 55.5 Å².